The van der Waals surface area contributed by atoms with Gasteiger partial charge in [0.2, 0.25) is 5.91 Å². The van der Waals surface area contributed by atoms with Crippen molar-refractivity contribution < 1.29 is 14.3 Å². The van der Waals surface area contributed by atoms with E-state index in [4.69, 9.17) is 4.74 Å². The minimum absolute atomic E-state index is 0.0891. The minimum Gasteiger partial charge on any atom is -0.494 e. The molecule has 0 spiro atoms. The van der Waals surface area contributed by atoms with Crippen LogP contribution in [0.25, 0.3) is 10.9 Å². The molecule has 0 radical (unpaired) electrons. The summed E-state index contributed by atoms with van der Waals surface area (Å²) in [7, 11) is 0. The second-order valence-corrected chi connectivity index (χ2v) is 10.0. The Labute approximate surface area is 207 Å². The van der Waals surface area contributed by atoms with Gasteiger partial charge in [-0.2, -0.15) is 0 Å². The van der Waals surface area contributed by atoms with Crippen molar-refractivity contribution in [3.63, 3.8) is 0 Å². The number of nitrogens with one attached hydrogen (secondary N) is 1. The van der Waals surface area contributed by atoms with Crippen LogP contribution in [-0.4, -0.2) is 34.6 Å². The number of nitrogens with zero attached hydrogens (tertiary/aromatic N) is 2. The largest absolute Gasteiger partial charge is 0.494 e. The monoisotopic (exact) mass is 473 g/mol. The average Bonchev–Trinajstić information content (AvgIpc) is 3.20. The molecular weight excluding hydrogens is 438 g/mol. The number of hydrogen-bond donors (Lipinski definition) is 1. The molecule has 1 fully saturated rings. The van der Waals surface area contributed by atoms with Crippen LogP contribution in [-0.2, 0) is 11.3 Å². The Morgan fingerprint density at radius 1 is 1.03 bits per heavy atom. The molecule has 1 saturated carbocycles. The zero-order valence-corrected chi connectivity index (χ0v) is 20.8. The number of ether oxygens (including phenoxy) is 1. The second kappa shape index (κ2) is 9.76. The van der Waals surface area contributed by atoms with Gasteiger partial charge in [-0.15, -0.1) is 0 Å². The summed E-state index contributed by atoms with van der Waals surface area (Å²) in [6.07, 6.45) is 7.98. The number of carbonyl (C=O) groups excluding carboxylic acids is 2. The summed E-state index contributed by atoms with van der Waals surface area (Å²) in [4.78, 5) is 29.7. The molecule has 0 saturated heterocycles. The molecule has 3 aromatic rings. The molecule has 6 nitrogen and oxygen atoms in total. The highest BCUT2D eigenvalue weighted by Gasteiger charge is 2.49. The molecule has 2 aromatic carbocycles. The van der Waals surface area contributed by atoms with Gasteiger partial charge in [-0.05, 0) is 63.1 Å². The van der Waals surface area contributed by atoms with Gasteiger partial charge in [0.05, 0.1) is 13.2 Å². The van der Waals surface area contributed by atoms with Crippen molar-refractivity contribution in [2.45, 2.75) is 76.9 Å². The highest BCUT2D eigenvalue weighted by molar-refractivity contribution is 6.14. The van der Waals surface area contributed by atoms with E-state index in [0.29, 0.717) is 24.5 Å². The van der Waals surface area contributed by atoms with E-state index >= 15 is 0 Å². The Morgan fingerprint density at radius 2 is 1.71 bits per heavy atom. The third-order valence-corrected chi connectivity index (χ3v) is 7.53. The highest BCUT2D eigenvalue weighted by Crippen LogP contribution is 2.36. The molecular formula is C29H35N3O3. The molecule has 0 unspecified atom stereocenters. The summed E-state index contributed by atoms with van der Waals surface area (Å²) >= 11 is 0. The predicted octanol–water partition coefficient (Wildman–Crippen LogP) is 5.69. The van der Waals surface area contributed by atoms with Gasteiger partial charge >= 0.3 is 0 Å². The maximum Gasteiger partial charge on any atom is 0.275 e. The molecule has 1 aliphatic heterocycles. The quantitative estimate of drug-likeness (QED) is 0.518. The van der Waals surface area contributed by atoms with E-state index in [1.54, 1.807) is 4.90 Å². The van der Waals surface area contributed by atoms with Gasteiger partial charge in [0.15, 0.2) is 0 Å². The van der Waals surface area contributed by atoms with E-state index in [0.717, 1.165) is 42.3 Å². The zero-order chi connectivity index (χ0) is 24.4. The molecule has 2 heterocycles. The van der Waals surface area contributed by atoms with Crippen molar-refractivity contribution in [2.75, 3.05) is 11.5 Å². The first-order chi connectivity index (χ1) is 17.0. The molecule has 0 bridgehead atoms. The summed E-state index contributed by atoms with van der Waals surface area (Å²) in [5, 5.41) is 4.36. The normalized spacial score (nSPS) is 21.3. The maximum absolute atomic E-state index is 14.0. The van der Waals surface area contributed by atoms with Gasteiger partial charge in [-0.1, -0.05) is 50.3 Å². The molecule has 1 aromatic heterocycles. The van der Waals surface area contributed by atoms with Crippen LogP contribution in [0.5, 0.6) is 5.75 Å². The van der Waals surface area contributed by atoms with Crippen molar-refractivity contribution in [2.24, 2.45) is 0 Å². The van der Waals surface area contributed by atoms with Gasteiger partial charge in [0.1, 0.15) is 17.0 Å². The predicted molar refractivity (Wildman–Crippen MR) is 139 cm³/mol. The number of rotatable bonds is 5. The molecule has 1 aliphatic carbocycles. The summed E-state index contributed by atoms with van der Waals surface area (Å²) < 4.78 is 7.62. The van der Waals surface area contributed by atoms with Crippen molar-refractivity contribution >= 4 is 28.4 Å². The number of aromatic nitrogens is 1. The number of fused-ring (bicyclic) bond motifs is 3. The second-order valence-electron chi connectivity index (χ2n) is 10.0. The Morgan fingerprint density at radius 3 is 2.43 bits per heavy atom. The first kappa shape index (κ1) is 23.5. The molecule has 184 valence electrons. The third-order valence-electron chi connectivity index (χ3n) is 7.53. The number of anilines is 1. The van der Waals surface area contributed by atoms with Crippen LogP contribution in [0.2, 0.25) is 0 Å². The zero-order valence-electron chi connectivity index (χ0n) is 20.8. The number of benzene rings is 2. The number of carbonyl (C=O) groups is 2. The lowest BCUT2D eigenvalue weighted by Gasteiger charge is -2.44. The van der Waals surface area contributed by atoms with Crippen LogP contribution in [0.15, 0.2) is 54.6 Å². The topological polar surface area (TPSA) is 63.6 Å². The Hall–Kier alpha value is -3.28. The van der Waals surface area contributed by atoms with Crippen molar-refractivity contribution in [3.05, 3.63) is 60.3 Å². The molecule has 35 heavy (non-hydrogen) atoms. The fourth-order valence-electron chi connectivity index (χ4n) is 5.65. The number of amides is 2. The molecule has 6 heteroatoms. The van der Waals surface area contributed by atoms with Gasteiger partial charge in [0.25, 0.3) is 5.91 Å². The van der Waals surface area contributed by atoms with Gasteiger partial charge in [-0.25, -0.2) is 0 Å². The summed E-state index contributed by atoms with van der Waals surface area (Å²) in [5.74, 6) is 0.496. The molecule has 1 atom stereocenters. The van der Waals surface area contributed by atoms with E-state index in [9.17, 15) is 9.59 Å². The standard InChI is InChI=1S/C29H35N3O3/c1-3-35-24-17-15-23(16-18-24)32-27(33)26-19-21-11-9-10-14-25(21)31(26)20-29(32,2)28(34)30-22-12-7-5-4-6-8-13-22/h9-11,14-19,22H,3-8,12-13,20H2,1-2H3,(H,30,34)/t29-/m1/s1. The van der Waals surface area contributed by atoms with Gasteiger partial charge in [-0.3, -0.25) is 14.5 Å². The smallest absolute Gasteiger partial charge is 0.275 e. The van der Waals surface area contributed by atoms with Gasteiger partial charge < -0.3 is 14.6 Å². The summed E-state index contributed by atoms with van der Waals surface area (Å²) in [6, 6.07) is 17.6. The lowest BCUT2D eigenvalue weighted by molar-refractivity contribution is -0.127. The number of hydrogen-bond acceptors (Lipinski definition) is 3. The third kappa shape index (κ3) is 4.42. The van der Waals surface area contributed by atoms with Crippen LogP contribution in [0.1, 0.15) is 69.3 Å². The van der Waals surface area contributed by atoms with Crippen LogP contribution in [0, 0.1) is 0 Å². The van der Waals surface area contributed by atoms with E-state index in [-0.39, 0.29) is 17.9 Å². The van der Waals surface area contributed by atoms with Crippen molar-refractivity contribution in [3.8, 4) is 5.75 Å². The van der Waals surface area contributed by atoms with Crippen LogP contribution >= 0.6 is 0 Å². The lowest BCUT2D eigenvalue weighted by Crippen LogP contribution is -2.65. The first-order valence-corrected chi connectivity index (χ1v) is 13.0. The highest BCUT2D eigenvalue weighted by atomic mass is 16.5. The van der Waals surface area contributed by atoms with Crippen molar-refractivity contribution in [1.82, 2.24) is 9.88 Å². The Kier molecular flexibility index (Phi) is 6.54. The first-order valence-electron chi connectivity index (χ1n) is 13.0. The van der Waals surface area contributed by atoms with E-state index < -0.39 is 5.54 Å². The van der Waals surface area contributed by atoms with Crippen LogP contribution in [0.4, 0.5) is 5.69 Å². The number of para-hydroxylation sites is 1. The molecule has 2 aliphatic rings. The fraction of sp³-hybridized carbons (Fsp3) is 0.448. The summed E-state index contributed by atoms with van der Waals surface area (Å²) in [5.41, 5.74) is 1.22. The molecule has 2 amide bonds. The van der Waals surface area contributed by atoms with Gasteiger partial charge in [0, 0.05) is 22.6 Å². The van der Waals surface area contributed by atoms with E-state index in [1.807, 2.05) is 73.0 Å². The average molecular weight is 474 g/mol. The summed E-state index contributed by atoms with van der Waals surface area (Å²) in [6.45, 7) is 4.81. The molecule has 5 rings (SSSR count). The Balaban J connectivity index is 1.54. The van der Waals surface area contributed by atoms with Crippen LogP contribution in [0.3, 0.4) is 0 Å². The van der Waals surface area contributed by atoms with Crippen LogP contribution < -0.4 is 15.0 Å². The fourth-order valence-corrected chi connectivity index (χ4v) is 5.65. The van der Waals surface area contributed by atoms with E-state index in [1.165, 1.54) is 19.3 Å². The minimum atomic E-state index is -1.07. The van der Waals surface area contributed by atoms with Crippen molar-refractivity contribution in [1.29, 1.82) is 0 Å². The Bertz CT molecular complexity index is 1210. The molecule has 1 N–H and O–H groups in total. The maximum atomic E-state index is 14.0. The lowest BCUT2D eigenvalue weighted by atomic mass is 9.91. The van der Waals surface area contributed by atoms with E-state index in [2.05, 4.69) is 5.32 Å². The SMILES string of the molecule is CCOc1ccc(N2C(=O)c3cc4ccccc4n3C[C@]2(C)C(=O)NC2CCCCCCC2)cc1.